The molecule has 1 unspecified atom stereocenters. The van der Waals surface area contributed by atoms with Crippen LogP contribution in [0.15, 0.2) is 30.7 Å². The van der Waals surface area contributed by atoms with Gasteiger partial charge in [-0.2, -0.15) is 5.10 Å². The number of aliphatic hydroxyl groups is 1. The van der Waals surface area contributed by atoms with Gasteiger partial charge in [-0.25, -0.2) is 33.0 Å². The van der Waals surface area contributed by atoms with E-state index in [4.69, 9.17) is 5.11 Å². The summed E-state index contributed by atoms with van der Waals surface area (Å²) in [5.74, 6) is 0.0177. The molecular formula is C19H21F2N7O2. The zero-order valence-corrected chi connectivity index (χ0v) is 16.1. The summed E-state index contributed by atoms with van der Waals surface area (Å²) in [6.45, 7) is 1.23. The van der Waals surface area contributed by atoms with E-state index in [0.717, 1.165) is 18.5 Å². The first-order chi connectivity index (χ1) is 14.6. The number of rotatable bonds is 5. The highest BCUT2D eigenvalue weighted by atomic mass is 19.3. The van der Waals surface area contributed by atoms with Crippen LogP contribution < -0.4 is 5.32 Å². The first kappa shape index (κ1) is 20.1. The number of alkyl halides is 2. The summed E-state index contributed by atoms with van der Waals surface area (Å²) in [6.07, 6.45) is 1.97. The molecule has 0 spiro atoms. The molecule has 2 amide bonds. The van der Waals surface area contributed by atoms with Crippen LogP contribution in [0.2, 0.25) is 0 Å². The van der Waals surface area contributed by atoms with Gasteiger partial charge < -0.3 is 15.3 Å². The van der Waals surface area contributed by atoms with Gasteiger partial charge in [-0.1, -0.05) is 0 Å². The van der Waals surface area contributed by atoms with Gasteiger partial charge in [-0.3, -0.25) is 0 Å². The number of nitrogens with zero attached hydrogens (tertiary/aromatic N) is 6. The number of piperidine rings is 1. The Hall–Kier alpha value is -3.21. The van der Waals surface area contributed by atoms with E-state index >= 15 is 0 Å². The SMILES string of the molecule is O=C(NCCO)N1CCCC(c2cc(-c3cnc4ccc(C(F)F)nn34)ncn2)C1. The number of nitrogens with one attached hydrogen (secondary N) is 1. The molecule has 1 aliphatic heterocycles. The van der Waals surface area contributed by atoms with Gasteiger partial charge in [0.15, 0.2) is 5.65 Å². The Bertz CT molecular complexity index is 1040. The number of hydrogen-bond donors (Lipinski definition) is 2. The molecule has 4 heterocycles. The molecule has 3 aromatic rings. The number of amides is 2. The predicted molar refractivity (Wildman–Crippen MR) is 103 cm³/mol. The highest BCUT2D eigenvalue weighted by Gasteiger charge is 2.26. The van der Waals surface area contributed by atoms with Gasteiger partial charge in [0.2, 0.25) is 0 Å². The Kier molecular flexibility index (Phi) is 5.79. The average Bonchev–Trinajstić information content (AvgIpc) is 3.21. The van der Waals surface area contributed by atoms with E-state index in [2.05, 4.69) is 25.4 Å². The smallest absolute Gasteiger partial charge is 0.317 e. The first-order valence-corrected chi connectivity index (χ1v) is 9.65. The second-order valence-corrected chi connectivity index (χ2v) is 7.04. The molecule has 0 aromatic carbocycles. The summed E-state index contributed by atoms with van der Waals surface area (Å²) in [7, 11) is 0. The van der Waals surface area contributed by atoms with E-state index < -0.39 is 6.43 Å². The van der Waals surface area contributed by atoms with Crippen LogP contribution in [-0.2, 0) is 0 Å². The maximum atomic E-state index is 13.0. The number of hydrogen-bond acceptors (Lipinski definition) is 6. The Labute approximate surface area is 170 Å². The Balaban J connectivity index is 1.59. The molecule has 1 atom stereocenters. The lowest BCUT2D eigenvalue weighted by molar-refractivity contribution is 0.144. The van der Waals surface area contributed by atoms with Crippen molar-refractivity contribution < 1.29 is 18.7 Å². The summed E-state index contributed by atoms with van der Waals surface area (Å²) in [5.41, 5.74) is 1.88. The average molecular weight is 417 g/mol. The van der Waals surface area contributed by atoms with E-state index in [9.17, 15) is 13.6 Å². The molecule has 1 aliphatic rings. The standard InChI is InChI=1S/C19H21F2N7O2/c20-18(21)13-3-4-17-23-9-16(28(17)26-13)15-8-14(24-11-25-15)12-2-1-6-27(10-12)19(30)22-5-7-29/h3-4,8-9,11-12,18,29H,1-2,5-7,10H2,(H,22,30). The lowest BCUT2D eigenvalue weighted by atomic mass is 9.94. The summed E-state index contributed by atoms with van der Waals surface area (Å²) in [6, 6.07) is 4.32. The number of carbonyl (C=O) groups is 1. The van der Waals surface area contributed by atoms with E-state index in [0.29, 0.717) is 30.1 Å². The minimum Gasteiger partial charge on any atom is -0.395 e. The van der Waals surface area contributed by atoms with Gasteiger partial charge >= 0.3 is 6.03 Å². The minimum atomic E-state index is -2.68. The largest absolute Gasteiger partial charge is 0.395 e. The molecule has 30 heavy (non-hydrogen) atoms. The summed E-state index contributed by atoms with van der Waals surface area (Å²) in [4.78, 5) is 26.8. The second kappa shape index (κ2) is 8.66. The number of imidazole rings is 1. The fourth-order valence-electron chi connectivity index (χ4n) is 3.59. The van der Waals surface area contributed by atoms with Crippen LogP contribution in [0.5, 0.6) is 0 Å². The third-order valence-corrected chi connectivity index (χ3v) is 5.07. The molecule has 9 nitrogen and oxygen atoms in total. The number of aromatic nitrogens is 5. The van der Waals surface area contributed by atoms with Crippen LogP contribution in [-0.4, -0.2) is 66.8 Å². The number of urea groups is 1. The van der Waals surface area contributed by atoms with Crippen LogP contribution in [0.4, 0.5) is 13.6 Å². The van der Waals surface area contributed by atoms with Crippen molar-refractivity contribution in [1.29, 1.82) is 0 Å². The molecule has 4 rings (SSSR count). The number of halogens is 2. The van der Waals surface area contributed by atoms with Crippen LogP contribution in [0.3, 0.4) is 0 Å². The number of aliphatic hydroxyl groups excluding tert-OH is 1. The maximum absolute atomic E-state index is 13.0. The van der Waals surface area contributed by atoms with Crippen molar-refractivity contribution in [2.24, 2.45) is 0 Å². The zero-order chi connectivity index (χ0) is 21.1. The Morgan fingerprint density at radius 3 is 2.97 bits per heavy atom. The van der Waals surface area contributed by atoms with Crippen molar-refractivity contribution in [2.75, 3.05) is 26.2 Å². The van der Waals surface area contributed by atoms with Gasteiger partial charge in [0, 0.05) is 31.2 Å². The molecule has 158 valence electrons. The molecule has 1 fully saturated rings. The molecule has 0 aliphatic carbocycles. The van der Waals surface area contributed by atoms with E-state index in [1.165, 1.54) is 23.0 Å². The van der Waals surface area contributed by atoms with Crippen molar-refractivity contribution in [1.82, 2.24) is 34.8 Å². The van der Waals surface area contributed by atoms with Crippen LogP contribution in [0, 0.1) is 0 Å². The Morgan fingerprint density at radius 2 is 2.17 bits per heavy atom. The minimum absolute atomic E-state index is 0.0177. The first-order valence-electron chi connectivity index (χ1n) is 9.65. The van der Waals surface area contributed by atoms with Crippen LogP contribution >= 0.6 is 0 Å². The predicted octanol–water partition coefficient (Wildman–Crippen LogP) is 2.01. The third kappa shape index (κ3) is 4.06. The van der Waals surface area contributed by atoms with Crippen molar-refractivity contribution in [3.63, 3.8) is 0 Å². The van der Waals surface area contributed by atoms with E-state index in [1.807, 2.05) is 0 Å². The quantitative estimate of drug-likeness (QED) is 0.657. The van der Waals surface area contributed by atoms with Crippen molar-refractivity contribution >= 4 is 11.7 Å². The number of carbonyl (C=O) groups excluding carboxylic acids is 1. The van der Waals surface area contributed by atoms with Gasteiger partial charge in [0.05, 0.1) is 18.5 Å². The monoisotopic (exact) mass is 417 g/mol. The fourth-order valence-corrected chi connectivity index (χ4v) is 3.59. The number of fused-ring (bicyclic) bond motifs is 1. The zero-order valence-electron chi connectivity index (χ0n) is 16.1. The second-order valence-electron chi connectivity index (χ2n) is 7.04. The van der Waals surface area contributed by atoms with Gasteiger partial charge in [-0.15, -0.1) is 0 Å². The topological polar surface area (TPSA) is 109 Å². The Morgan fingerprint density at radius 1 is 1.30 bits per heavy atom. The summed E-state index contributed by atoms with van der Waals surface area (Å²) < 4.78 is 27.4. The van der Waals surface area contributed by atoms with Gasteiger partial charge in [-0.05, 0) is 31.0 Å². The number of likely N-dealkylation sites (tertiary alicyclic amines) is 1. The maximum Gasteiger partial charge on any atom is 0.317 e. The van der Waals surface area contributed by atoms with Crippen molar-refractivity contribution in [2.45, 2.75) is 25.2 Å². The summed E-state index contributed by atoms with van der Waals surface area (Å²) >= 11 is 0. The van der Waals surface area contributed by atoms with E-state index in [-0.39, 0.29) is 30.8 Å². The fraction of sp³-hybridized carbons (Fsp3) is 0.421. The lowest BCUT2D eigenvalue weighted by Gasteiger charge is -2.32. The van der Waals surface area contributed by atoms with Gasteiger partial charge in [0.25, 0.3) is 6.43 Å². The van der Waals surface area contributed by atoms with Crippen LogP contribution in [0.1, 0.15) is 36.6 Å². The molecule has 11 heteroatoms. The highest BCUT2D eigenvalue weighted by Crippen LogP contribution is 2.28. The molecule has 2 N–H and O–H groups in total. The normalized spacial score (nSPS) is 16.9. The molecule has 1 saturated heterocycles. The van der Waals surface area contributed by atoms with Crippen molar-refractivity contribution in [3.05, 3.63) is 42.1 Å². The van der Waals surface area contributed by atoms with Crippen LogP contribution in [0.25, 0.3) is 17.0 Å². The van der Waals surface area contributed by atoms with Crippen molar-refractivity contribution in [3.8, 4) is 11.4 Å². The lowest BCUT2D eigenvalue weighted by Crippen LogP contribution is -2.45. The highest BCUT2D eigenvalue weighted by molar-refractivity contribution is 5.74. The van der Waals surface area contributed by atoms with E-state index in [1.54, 1.807) is 17.2 Å². The molecule has 0 saturated carbocycles. The van der Waals surface area contributed by atoms with Gasteiger partial charge in [0.1, 0.15) is 17.7 Å². The molecule has 0 radical (unpaired) electrons. The third-order valence-electron chi connectivity index (χ3n) is 5.07. The molecule has 0 bridgehead atoms. The summed E-state index contributed by atoms with van der Waals surface area (Å²) in [5, 5.41) is 15.5. The molecule has 3 aromatic heterocycles. The molecular weight excluding hydrogens is 396 g/mol.